The van der Waals surface area contributed by atoms with Gasteiger partial charge in [0.05, 0.1) is 5.92 Å². The lowest BCUT2D eigenvalue weighted by atomic mass is 9.95. The SMILES string of the molecule is C=C(C)CCC(CCCCC)C(=O)O. The summed E-state index contributed by atoms with van der Waals surface area (Å²) in [6.07, 6.45) is 5.71. The van der Waals surface area contributed by atoms with Gasteiger partial charge < -0.3 is 5.11 Å². The van der Waals surface area contributed by atoms with Crippen LogP contribution < -0.4 is 0 Å². The Morgan fingerprint density at radius 1 is 1.36 bits per heavy atom. The summed E-state index contributed by atoms with van der Waals surface area (Å²) in [7, 11) is 0. The van der Waals surface area contributed by atoms with Gasteiger partial charge in [-0.1, -0.05) is 31.8 Å². The van der Waals surface area contributed by atoms with Crippen molar-refractivity contribution < 1.29 is 9.90 Å². The fourth-order valence-electron chi connectivity index (χ4n) is 1.45. The van der Waals surface area contributed by atoms with E-state index in [1.165, 1.54) is 0 Å². The normalized spacial score (nSPS) is 12.4. The Morgan fingerprint density at radius 3 is 2.43 bits per heavy atom. The van der Waals surface area contributed by atoms with E-state index in [2.05, 4.69) is 13.5 Å². The third-order valence-corrected chi connectivity index (χ3v) is 2.42. The second kappa shape index (κ2) is 7.60. The standard InChI is InChI=1S/C12H22O2/c1-4-5-6-7-11(12(13)14)9-8-10(2)3/h11H,2,4-9H2,1,3H3,(H,13,14). The minimum Gasteiger partial charge on any atom is -0.481 e. The van der Waals surface area contributed by atoms with Crippen molar-refractivity contribution in [2.45, 2.75) is 52.4 Å². The predicted octanol–water partition coefficient (Wildman–Crippen LogP) is 3.62. The summed E-state index contributed by atoms with van der Waals surface area (Å²) in [6, 6.07) is 0. The third-order valence-electron chi connectivity index (χ3n) is 2.42. The zero-order chi connectivity index (χ0) is 11.0. The maximum Gasteiger partial charge on any atom is 0.306 e. The van der Waals surface area contributed by atoms with E-state index >= 15 is 0 Å². The molecule has 2 nitrogen and oxygen atoms in total. The molecule has 0 aromatic rings. The largest absolute Gasteiger partial charge is 0.481 e. The van der Waals surface area contributed by atoms with E-state index in [4.69, 9.17) is 5.11 Å². The summed E-state index contributed by atoms with van der Waals surface area (Å²) in [6.45, 7) is 7.87. The average Bonchev–Trinajstić information content (AvgIpc) is 2.10. The number of carboxylic acids is 1. The summed E-state index contributed by atoms with van der Waals surface area (Å²) < 4.78 is 0. The van der Waals surface area contributed by atoms with Crippen molar-refractivity contribution in [2.24, 2.45) is 5.92 Å². The highest BCUT2D eigenvalue weighted by Gasteiger charge is 2.15. The topological polar surface area (TPSA) is 37.3 Å². The molecule has 1 N–H and O–H groups in total. The lowest BCUT2D eigenvalue weighted by Crippen LogP contribution is -2.13. The molecule has 0 aliphatic carbocycles. The molecule has 0 spiro atoms. The number of hydrogen-bond acceptors (Lipinski definition) is 1. The van der Waals surface area contributed by atoms with E-state index in [1.807, 2.05) is 6.92 Å². The first-order chi connectivity index (χ1) is 6.57. The zero-order valence-corrected chi connectivity index (χ0v) is 9.38. The molecule has 0 radical (unpaired) electrons. The minimum atomic E-state index is -0.651. The molecule has 1 atom stereocenters. The summed E-state index contributed by atoms with van der Waals surface area (Å²) >= 11 is 0. The fourth-order valence-corrected chi connectivity index (χ4v) is 1.45. The number of carbonyl (C=O) groups is 1. The molecule has 0 saturated carbocycles. The first-order valence-corrected chi connectivity index (χ1v) is 5.45. The van der Waals surface area contributed by atoms with Gasteiger partial charge in [-0.25, -0.2) is 0 Å². The van der Waals surface area contributed by atoms with E-state index in [1.54, 1.807) is 0 Å². The second-order valence-corrected chi connectivity index (χ2v) is 4.03. The number of carboxylic acid groups (broad SMARTS) is 1. The van der Waals surface area contributed by atoms with Crippen LogP contribution in [0.2, 0.25) is 0 Å². The molecule has 0 rings (SSSR count). The van der Waals surface area contributed by atoms with Crippen LogP contribution in [0.15, 0.2) is 12.2 Å². The van der Waals surface area contributed by atoms with Crippen LogP contribution in [0.1, 0.15) is 52.4 Å². The molecule has 0 aromatic heterocycles. The van der Waals surface area contributed by atoms with Gasteiger partial charge in [0.2, 0.25) is 0 Å². The van der Waals surface area contributed by atoms with Crippen LogP contribution in [-0.4, -0.2) is 11.1 Å². The van der Waals surface area contributed by atoms with Crippen molar-refractivity contribution >= 4 is 5.97 Å². The molecule has 0 aliphatic heterocycles. The van der Waals surface area contributed by atoms with E-state index in [-0.39, 0.29) is 5.92 Å². The van der Waals surface area contributed by atoms with Gasteiger partial charge in [-0.2, -0.15) is 0 Å². The summed E-state index contributed by atoms with van der Waals surface area (Å²) in [5.41, 5.74) is 1.08. The minimum absolute atomic E-state index is 0.168. The zero-order valence-electron chi connectivity index (χ0n) is 9.38. The fraction of sp³-hybridized carbons (Fsp3) is 0.750. The van der Waals surface area contributed by atoms with Crippen LogP contribution in [0.5, 0.6) is 0 Å². The van der Waals surface area contributed by atoms with E-state index < -0.39 is 5.97 Å². The van der Waals surface area contributed by atoms with Crippen LogP contribution in [0.4, 0.5) is 0 Å². The highest BCUT2D eigenvalue weighted by Crippen LogP contribution is 2.18. The lowest BCUT2D eigenvalue weighted by molar-refractivity contribution is -0.142. The lowest BCUT2D eigenvalue weighted by Gasteiger charge is -2.11. The van der Waals surface area contributed by atoms with Crippen LogP contribution in [0, 0.1) is 5.92 Å². The monoisotopic (exact) mass is 198 g/mol. The molecule has 0 bridgehead atoms. The molecule has 0 fully saturated rings. The summed E-state index contributed by atoms with van der Waals surface area (Å²) in [5, 5.41) is 8.96. The van der Waals surface area contributed by atoms with Crippen molar-refractivity contribution in [2.75, 3.05) is 0 Å². The first-order valence-electron chi connectivity index (χ1n) is 5.45. The van der Waals surface area contributed by atoms with Gasteiger partial charge in [-0.05, 0) is 26.2 Å². The van der Waals surface area contributed by atoms with Crippen molar-refractivity contribution in [3.05, 3.63) is 12.2 Å². The van der Waals surface area contributed by atoms with E-state index in [0.29, 0.717) is 0 Å². The van der Waals surface area contributed by atoms with Gasteiger partial charge >= 0.3 is 5.97 Å². The Balaban J connectivity index is 3.78. The number of allylic oxidation sites excluding steroid dienone is 1. The Kier molecular flexibility index (Phi) is 7.17. The van der Waals surface area contributed by atoms with Crippen molar-refractivity contribution in [3.8, 4) is 0 Å². The number of aliphatic carboxylic acids is 1. The average molecular weight is 198 g/mol. The second-order valence-electron chi connectivity index (χ2n) is 4.03. The molecule has 0 saturated heterocycles. The van der Waals surface area contributed by atoms with Crippen LogP contribution in [-0.2, 0) is 4.79 Å². The van der Waals surface area contributed by atoms with Gasteiger partial charge in [0.25, 0.3) is 0 Å². The molecular formula is C12H22O2. The molecular weight excluding hydrogens is 176 g/mol. The van der Waals surface area contributed by atoms with Crippen molar-refractivity contribution in [1.29, 1.82) is 0 Å². The van der Waals surface area contributed by atoms with Gasteiger partial charge in [0, 0.05) is 0 Å². The Hall–Kier alpha value is -0.790. The van der Waals surface area contributed by atoms with Crippen molar-refractivity contribution in [1.82, 2.24) is 0 Å². The third kappa shape index (κ3) is 6.70. The summed E-state index contributed by atoms with van der Waals surface area (Å²) in [4.78, 5) is 10.9. The molecule has 82 valence electrons. The van der Waals surface area contributed by atoms with E-state index in [9.17, 15) is 4.79 Å². The number of unbranched alkanes of at least 4 members (excludes halogenated alkanes) is 2. The van der Waals surface area contributed by atoms with Gasteiger partial charge in [-0.15, -0.1) is 6.58 Å². The van der Waals surface area contributed by atoms with Crippen LogP contribution in [0.3, 0.4) is 0 Å². The summed E-state index contributed by atoms with van der Waals surface area (Å²) in [5.74, 6) is -0.819. The highest BCUT2D eigenvalue weighted by molar-refractivity contribution is 5.69. The van der Waals surface area contributed by atoms with Crippen LogP contribution >= 0.6 is 0 Å². The Labute approximate surface area is 87.0 Å². The maximum atomic E-state index is 10.9. The number of rotatable bonds is 8. The smallest absolute Gasteiger partial charge is 0.306 e. The van der Waals surface area contributed by atoms with E-state index in [0.717, 1.165) is 44.1 Å². The Morgan fingerprint density at radius 2 is 2.00 bits per heavy atom. The van der Waals surface area contributed by atoms with Gasteiger partial charge in [-0.3, -0.25) is 4.79 Å². The molecule has 1 unspecified atom stereocenters. The highest BCUT2D eigenvalue weighted by atomic mass is 16.4. The Bertz CT molecular complexity index is 185. The first kappa shape index (κ1) is 13.2. The van der Waals surface area contributed by atoms with Gasteiger partial charge in [0.1, 0.15) is 0 Å². The molecule has 0 aliphatic rings. The van der Waals surface area contributed by atoms with Gasteiger partial charge in [0.15, 0.2) is 0 Å². The predicted molar refractivity (Wildman–Crippen MR) is 59.3 cm³/mol. The molecule has 0 heterocycles. The molecule has 0 aromatic carbocycles. The maximum absolute atomic E-state index is 10.9. The van der Waals surface area contributed by atoms with Crippen LogP contribution in [0.25, 0.3) is 0 Å². The molecule has 2 heteroatoms. The number of hydrogen-bond donors (Lipinski definition) is 1. The molecule has 0 amide bonds. The quantitative estimate of drug-likeness (QED) is 0.477. The molecule has 14 heavy (non-hydrogen) atoms. The van der Waals surface area contributed by atoms with Crippen molar-refractivity contribution in [3.63, 3.8) is 0 Å².